The maximum absolute atomic E-state index is 12.5. The summed E-state index contributed by atoms with van der Waals surface area (Å²) in [6.45, 7) is 2.86. The Hall–Kier alpha value is -2.47. The lowest BCUT2D eigenvalue weighted by atomic mass is 9.95. The zero-order chi connectivity index (χ0) is 16.0. The third-order valence-corrected chi connectivity index (χ3v) is 4.25. The molecule has 0 saturated carbocycles. The molecule has 6 nitrogen and oxygen atoms in total. The molecule has 1 unspecified atom stereocenters. The van der Waals surface area contributed by atoms with E-state index in [-0.39, 0.29) is 5.91 Å². The first-order chi connectivity index (χ1) is 11.2. The van der Waals surface area contributed by atoms with Crippen molar-refractivity contribution < 1.29 is 4.79 Å². The number of fused-ring (bicyclic) bond motifs is 2. The van der Waals surface area contributed by atoms with Crippen LogP contribution in [0.4, 0.5) is 5.69 Å². The van der Waals surface area contributed by atoms with E-state index in [4.69, 9.17) is 11.6 Å². The van der Waals surface area contributed by atoms with Crippen molar-refractivity contribution in [2.75, 3.05) is 5.32 Å². The van der Waals surface area contributed by atoms with Crippen molar-refractivity contribution in [1.29, 1.82) is 0 Å². The standard InChI is InChI=1S/C16H14ClN5O/c1-2-5-22-15-11(7-20-22)14(18-8-19-15)13-10-6-9(17)3-4-12(10)21-16(13)23/h3-4,6-8,13H,2,5H2,1H3,(H,21,23). The van der Waals surface area contributed by atoms with Crippen LogP contribution in [0.1, 0.15) is 30.5 Å². The fourth-order valence-electron chi connectivity index (χ4n) is 3.02. The third-order valence-electron chi connectivity index (χ3n) is 4.02. The third kappa shape index (κ3) is 2.17. The number of carbonyl (C=O) groups excluding carboxylic acids is 1. The van der Waals surface area contributed by atoms with E-state index in [1.165, 1.54) is 6.33 Å². The number of aromatic nitrogens is 4. The lowest BCUT2D eigenvalue weighted by Crippen LogP contribution is -2.15. The van der Waals surface area contributed by atoms with Gasteiger partial charge in [0.2, 0.25) is 5.91 Å². The summed E-state index contributed by atoms with van der Waals surface area (Å²) in [6.07, 6.45) is 4.18. The molecule has 1 aliphatic rings. The SMILES string of the molecule is CCCn1ncc2c(C3C(=O)Nc4ccc(Cl)cc43)ncnc21. The number of rotatable bonds is 3. The Morgan fingerprint density at radius 3 is 3.04 bits per heavy atom. The summed E-state index contributed by atoms with van der Waals surface area (Å²) >= 11 is 6.10. The second kappa shape index (κ2) is 5.31. The Kier molecular flexibility index (Phi) is 3.27. The van der Waals surface area contributed by atoms with Crippen LogP contribution in [0, 0.1) is 0 Å². The first-order valence-corrected chi connectivity index (χ1v) is 7.83. The number of hydrogen-bond donors (Lipinski definition) is 1. The van der Waals surface area contributed by atoms with Crippen molar-refractivity contribution in [1.82, 2.24) is 19.7 Å². The van der Waals surface area contributed by atoms with Gasteiger partial charge in [0.05, 0.1) is 17.3 Å². The number of anilines is 1. The molecule has 1 aromatic carbocycles. The summed E-state index contributed by atoms with van der Waals surface area (Å²) in [5.41, 5.74) is 3.03. The monoisotopic (exact) mass is 327 g/mol. The van der Waals surface area contributed by atoms with Crippen LogP contribution < -0.4 is 5.32 Å². The van der Waals surface area contributed by atoms with Crippen LogP contribution in [0.2, 0.25) is 5.02 Å². The smallest absolute Gasteiger partial charge is 0.238 e. The normalized spacial score (nSPS) is 16.6. The molecular weight excluding hydrogens is 314 g/mol. The topological polar surface area (TPSA) is 72.7 Å². The summed E-state index contributed by atoms with van der Waals surface area (Å²) < 4.78 is 1.84. The van der Waals surface area contributed by atoms with Gasteiger partial charge in [-0.3, -0.25) is 4.79 Å². The molecule has 116 valence electrons. The second-order valence-electron chi connectivity index (χ2n) is 5.52. The fourth-order valence-corrected chi connectivity index (χ4v) is 3.20. The average molecular weight is 328 g/mol. The molecule has 1 N–H and O–H groups in total. The van der Waals surface area contributed by atoms with Crippen LogP contribution >= 0.6 is 11.6 Å². The summed E-state index contributed by atoms with van der Waals surface area (Å²) in [4.78, 5) is 21.2. The highest BCUT2D eigenvalue weighted by molar-refractivity contribution is 6.31. The van der Waals surface area contributed by atoms with E-state index in [9.17, 15) is 4.79 Å². The molecule has 7 heteroatoms. The summed E-state index contributed by atoms with van der Waals surface area (Å²) in [5.74, 6) is -0.598. The van der Waals surface area contributed by atoms with Crippen LogP contribution in [-0.2, 0) is 11.3 Å². The number of aryl methyl sites for hydroxylation is 1. The Balaban J connectivity index is 1.90. The zero-order valence-electron chi connectivity index (χ0n) is 12.5. The minimum atomic E-state index is -0.492. The molecule has 1 atom stereocenters. The summed E-state index contributed by atoms with van der Waals surface area (Å²) in [7, 11) is 0. The Bertz CT molecular complexity index is 920. The number of nitrogens with zero attached hydrogens (tertiary/aromatic N) is 4. The van der Waals surface area contributed by atoms with Crippen LogP contribution in [-0.4, -0.2) is 25.7 Å². The molecule has 23 heavy (non-hydrogen) atoms. The maximum Gasteiger partial charge on any atom is 0.238 e. The lowest BCUT2D eigenvalue weighted by molar-refractivity contribution is -0.116. The van der Waals surface area contributed by atoms with E-state index >= 15 is 0 Å². The number of benzene rings is 1. The van der Waals surface area contributed by atoms with Gasteiger partial charge in [0.15, 0.2) is 5.65 Å². The first-order valence-electron chi connectivity index (χ1n) is 7.45. The maximum atomic E-state index is 12.5. The van der Waals surface area contributed by atoms with E-state index in [1.54, 1.807) is 12.3 Å². The van der Waals surface area contributed by atoms with Gasteiger partial charge in [-0.05, 0) is 30.2 Å². The molecule has 0 fully saturated rings. The van der Waals surface area contributed by atoms with Gasteiger partial charge in [-0.15, -0.1) is 0 Å². The minimum absolute atomic E-state index is 0.106. The number of carbonyl (C=O) groups is 1. The Morgan fingerprint density at radius 2 is 2.22 bits per heavy atom. The van der Waals surface area contributed by atoms with Crippen molar-refractivity contribution >= 4 is 34.2 Å². The van der Waals surface area contributed by atoms with Crippen molar-refractivity contribution in [3.8, 4) is 0 Å². The summed E-state index contributed by atoms with van der Waals surface area (Å²) in [6, 6.07) is 5.39. The molecule has 0 spiro atoms. The summed E-state index contributed by atoms with van der Waals surface area (Å²) in [5, 5.41) is 8.65. The van der Waals surface area contributed by atoms with Crippen molar-refractivity contribution in [2.45, 2.75) is 25.8 Å². The molecule has 0 bridgehead atoms. The lowest BCUT2D eigenvalue weighted by Gasteiger charge is -2.09. The minimum Gasteiger partial charge on any atom is -0.325 e. The molecule has 2 aromatic heterocycles. The van der Waals surface area contributed by atoms with Crippen molar-refractivity contribution in [2.24, 2.45) is 0 Å². The molecular formula is C16H14ClN5O. The Morgan fingerprint density at radius 1 is 1.35 bits per heavy atom. The zero-order valence-corrected chi connectivity index (χ0v) is 13.2. The van der Waals surface area contributed by atoms with Gasteiger partial charge < -0.3 is 5.32 Å². The largest absolute Gasteiger partial charge is 0.325 e. The predicted molar refractivity (Wildman–Crippen MR) is 87.5 cm³/mol. The molecule has 0 aliphatic carbocycles. The molecule has 0 radical (unpaired) electrons. The molecule has 1 amide bonds. The van der Waals surface area contributed by atoms with Gasteiger partial charge in [-0.25, -0.2) is 14.6 Å². The predicted octanol–water partition coefficient (Wildman–Crippen LogP) is 2.97. The second-order valence-corrected chi connectivity index (χ2v) is 5.95. The number of nitrogens with one attached hydrogen (secondary N) is 1. The number of amides is 1. The van der Waals surface area contributed by atoms with Crippen LogP contribution in [0.5, 0.6) is 0 Å². The van der Waals surface area contributed by atoms with Crippen LogP contribution in [0.3, 0.4) is 0 Å². The molecule has 3 aromatic rings. The van der Waals surface area contributed by atoms with Crippen LogP contribution in [0.25, 0.3) is 11.0 Å². The van der Waals surface area contributed by atoms with Crippen LogP contribution in [0.15, 0.2) is 30.7 Å². The molecule has 0 saturated heterocycles. The van der Waals surface area contributed by atoms with E-state index in [2.05, 4.69) is 27.3 Å². The van der Waals surface area contributed by atoms with Crippen molar-refractivity contribution in [3.05, 3.63) is 47.0 Å². The fraction of sp³-hybridized carbons (Fsp3) is 0.250. The van der Waals surface area contributed by atoms with Crippen molar-refractivity contribution in [3.63, 3.8) is 0 Å². The van der Waals surface area contributed by atoms with Gasteiger partial charge in [-0.2, -0.15) is 5.10 Å². The molecule has 1 aliphatic heterocycles. The quantitative estimate of drug-likeness (QED) is 0.802. The Labute approximate surface area is 137 Å². The molecule has 3 heterocycles. The van der Waals surface area contributed by atoms with Gasteiger partial charge in [0.25, 0.3) is 0 Å². The van der Waals surface area contributed by atoms with E-state index in [0.717, 1.165) is 35.2 Å². The highest BCUT2D eigenvalue weighted by Gasteiger charge is 2.34. The average Bonchev–Trinajstić information content (AvgIpc) is 3.08. The number of halogens is 1. The van der Waals surface area contributed by atoms with Gasteiger partial charge in [-0.1, -0.05) is 18.5 Å². The highest BCUT2D eigenvalue weighted by atomic mass is 35.5. The molecule has 4 rings (SSSR count). The van der Waals surface area contributed by atoms with E-state index in [1.807, 2.05) is 16.8 Å². The van der Waals surface area contributed by atoms with Gasteiger partial charge in [0, 0.05) is 17.3 Å². The van der Waals surface area contributed by atoms with E-state index in [0.29, 0.717) is 10.7 Å². The van der Waals surface area contributed by atoms with Gasteiger partial charge >= 0.3 is 0 Å². The van der Waals surface area contributed by atoms with E-state index < -0.39 is 5.92 Å². The number of hydrogen-bond acceptors (Lipinski definition) is 4. The first kappa shape index (κ1) is 14.1. The highest BCUT2D eigenvalue weighted by Crippen LogP contribution is 2.39. The van der Waals surface area contributed by atoms with Gasteiger partial charge in [0.1, 0.15) is 12.2 Å².